The normalized spacial score (nSPS) is 12.6. The lowest BCUT2D eigenvalue weighted by Gasteiger charge is -2.31. The highest BCUT2D eigenvalue weighted by Crippen LogP contribution is 2.51. The Morgan fingerprint density at radius 2 is 0.875 bits per heavy atom. The van der Waals surface area contributed by atoms with Gasteiger partial charge in [-0.05, 0) is 96.9 Å². The molecular weight excluding hydrogens is 675 g/mol. The topological polar surface area (TPSA) is 3.24 Å². The Balaban J connectivity index is 1.23. The van der Waals surface area contributed by atoms with E-state index in [1.165, 1.54) is 77.5 Å². The first-order chi connectivity index (χ1) is 27.6. The molecule has 0 aliphatic heterocycles. The van der Waals surface area contributed by atoms with Gasteiger partial charge >= 0.3 is 0 Å². The van der Waals surface area contributed by atoms with Gasteiger partial charge in [-0.3, -0.25) is 0 Å². The summed E-state index contributed by atoms with van der Waals surface area (Å²) in [6.07, 6.45) is 0. The van der Waals surface area contributed by atoms with Crippen LogP contribution in [-0.2, 0) is 5.41 Å². The van der Waals surface area contributed by atoms with E-state index in [2.05, 4.69) is 231 Å². The van der Waals surface area contributed by atoms with Gasteiger partial charge in [0.1, 0.15) is 0 Å². The molecule has 9 aromatic carbocycles. The molecule has 1 heteroatoms. The maximum absolute atomic E-state index is 2.49. The van der Waals surface area contributed by atoms with Crippen molar-refractivity contribution in [1.82, 2.24) is 0 Å². The lowest BCUT2D eigenvalue weighted by Crippen LogP contribution is -2.15. The number of rotatable bonds is 7. The molecule has 0 heterocycles. The van der Waals surface area contributed by atoms with Gasteiger partial charge in [0.05, 0.1) is 11.4 Å². The number of hydrogen-bond donors (Lipinski definition) is 0. The highest BCUT2D eigenvalue weighted by molar-refractivity contribution is 6.05. The van der Waals surface area contributed by atoms with Crippen molar-refractivity contribution in [3.05, 3.63) is 223 Å². The van der Waals surface area contributed by atoms with Crippen LogP contribution in [0.25, 0.3) is 66.4 Å². The Kier molecular flexibility index (Phi) is 8.23. The molecule has 0 unspecified atom stereocenters. The van der Waals surface area contributed by atoms with Crippen LogP contribution in [0.2, 0.25) is 0 Å². The summed E-state index contributed by atoms with van der Waals surface area (Å²) < 4.78 is 0. The molecule has 1 nitrogen and oxygen atoms in total. The zero-order chi connectivity index (χ0) is 37.6. The number of fused-ring (bicyclic) bond motifs is 4. The Hall–Kier alpha value is -6.96. The van der Waals surface area contributed by atoms with Gasteiger partial charge in [-0.1, -0.05) is 196 Å². The average Bonchev–Trinajstić information content (AvgIpc) is 3.50. The van der Waals surface area contributed by atoms with Crippen LogP contribution in [0, 0.1) is 0 Å². The Morgan fingerprint density at radius 3 is 1.68 bits per heavy atom. The van der Waals surface area contributed by atoms with E-state index in [-0.39, 0.29) is 5.41 Å². The summed E-state index contributed by atoms with van der Waals surface area (Å²) in [5.74, 6) is 0. The van der Waals surface area contributed by atoms with Crippen LogP contribution in [0.15, 0.2) is 212 Å². The number of benzene rings is 9. The van der Waals surface area contributed by atoms with Gasteiger partial charge in [0.2, 0.25) is 0 Å². The minimum Gasteiger partial charge on any atom is -0.309 e. The summed E-state index contributed by atoms with van der Waals surface area (Å²) in [5.41, 5.74) is 18.3. The van der Waals surface area contributed by atoms with Gasteiger partial charge < -0.3 is 4.90 Å². The average molecular weight is 716 g/mol. The largest absolute Gasteiger partial charge is 0.309 e. The Morgan fingerprint density at radius 1 is 0.339 bits per heavy atom. The van der Waals surface area contributed by atoms with Crippen molar-refractivity contribution < 1.29 is 0 Å². The molecule has 1 aliphatic carbocycles. The molecular formula is C55H41N. The molecule has 0 spiro atoms. The van der Waals surface area contributed by atoms with E-state index in [0.29, 0.717) is 0 Å². The van der Waals surface area contributed by atoms with Gasteiger partial charge in [-0.15, -0.1) is 0 Å². The summed E-state index contributed by atoms with van der Waals surface area (Å²) in [7, 11) is 0. The number of nitrogens with zero attached hydrogens (tertiary/aromatic N) is 1. The van der Waals surface area contributed by atoms with Crippen molar-refractivity contribution in [2.24, 2.45) is 0 Å². The molecule has 0 saturated carbocycles. The third kappa shape index (κ3) is 5.63. The van der Waals surface area contributed by atoms with Crippen LogP contribution >= 0.6 is 0 Å². The van der Waals surface area contributed by atoms with Crippen molar-refractivity contribution in [2.75, 3.05) is 4.90 Å². The highest BCUT2D eigenvalue weighted by Gasteiger charge is 2.35. The van der Waals surface area contributed by atoms with E-state index < -0.39 is 0 Å². The third-order valence-electron chi connectivity index (χ3n) is 11.7. The molecule has 0 saturated heterocycles. The zero-order valence-electron chi connectivity index (χ0n) is 31.7. The summed E-state index contributed by atoms with van der Waals surface area (Å²) in [4.78, 5) is 2.49. The molecule has 1 aliphatic rings. The quantitative estimate of drug-likeness (QED) is 0.159. The first kappa shape index (κ1) is 33.6. The fourth-order valence-electron chi connectivity index (χ4n) is 8.96. The van der Waals surface area contributed by atoms with Gasteiger partial charge in [-0.25, -0.2) is 0 Å². The molecule has 0 fully saturated rings. The standard InChI is InChI=1S/C55H41N/c1-55(2)50-31-14-13-28-47(50)48-35-34-42(37-51(48)55)41-24-15-25-43(36-41)56(52-32-16-23-39-22-9-10-27-45(39)52)53-33-17-30-46(40-20-7-4-8-21-40)54(53)49-29-12-11-26-44(49)38-18-5-3-6-19-38/h3-37H,1-2H3. The summed E-state index contributed by atoms with van der Waals surface area (Å²) >= 11 is 0. The second kappa shape index (κ2) is 13.7. The lowest BCUT2D eigenvalue weighted by molar-refractivity contribution is 0.660. The number of anilines is 3. The lowest BCUT2D eigenvalue weighted by atomic mass is 9.81. The van der Waals surface area contributed by atoms with Crippen molar-refractivity contribution in [3.63, 3.8) is 0 Å². The van der Waals surface area contributed by atoms with E-state index in [1.54, 1.807) is 0 Å². The number of hydrogen-bond acceptors (Lipinski definition) is 1. The minimum absolute atomic E-state index is 0.0759. The van der Waals surface area contributed by atoms with E-state index in [4.69, 9.17) is 0 Å². The van der Waals surface area contributed by atoms with E-state index in [1.807, 2.05) is 0 Å². The summed E-state index contributed by atoms with van der Waals surface area (Å²) in [6.45, 7) is 4.71. The highest BCUT2D eigenvalue weighted by atomic mass is 15.1. The van der Waals surface area contributed by atoms with Crippen LogP contribution in [0.4, 0.5) is 17.1 Å². The van der Waals surface area contributed by atoms with Crippen molar-refractivity contribution in [2.45, 2.75) is 19.3 Å². The Bertz CT molecular complexity index is 2880. The predicted octanol–water partition coefficient (Wildman–Crippen LogP) is 15.3. The molecule has 56 heavy (non-hydrogen) atoms. The maximum atomic E-state index is 2.49. The van der Waals surface area contributed by atoms with Crippen molar-refractivity contribution in [3.8, 4) is 55.6 Å². The van der Waals surface area contributed by atoms with Crippen molar-refractivity contribution in [1.29, 1.82) is 0 Å². The molecule has 0 aromatic heterocycles. The van der Waals surface area contributed by atoms with Crippen LogP contribution in [0.5, 0.6) is 0 Å². The molecule has 0 radical (unpaired) electrons. The van der Waals surface area contributed by atoms with E-state index in [9.17, 15) is 0 Å². The molecule has 0 bridgehead atoms. The smallest absolute Gasteiger partial charge is 0.0546 e. The monoisotopic (exact) mass is 715 g/mol. The second-order valence-corrected chi connectivity index (χ2v) is 15.3. The summed E-state index contributed by atoms with van der Waals surface area (Å²) in [5, 5.41) is 2.40. The molecule has 10 rings (SSSR count). The fraction of sp³-hybridized carbons (Fsp3) is 0.0545. The van der Waals surface area contributed by atoms with Gasteiger partial charge in [-0.2, -0.15) is 0 Å². The third-order valence-corrected chi connectivity index (χ3v) is 11.7. The molecule has 0 atom stereocenters. The van der Waals surface area contributed by atoms with Crippen LogP contribution in [-0.4, -0.2) is 0 Å². The van der Waals surface area contributed by atoms with Gasteiger partial charge in [0, 0.05) is 22.1 Å². The zero-order valence-corrected chi connectivity index (χ0v) is 31.7. The van der Waals surface area contributed by atoms with E-state index >= 15 is 0 Å². The second-order valence-electron chi connectivity index (χ2n) is 15.3. The maximum Gasteiger partial charge on any atom is 0.0546 e. The van der Waals surface area contributed by atoms with Crippen LogP contribution in [0.3, 0.4) is 0 Å². The molecule has 0 N–H and O–H groups in total. The molecule has 266 valence electrons. The van der Waals surface area contributed by atoms with Crippen molar-refractivity contribution >= 4 is 27.8 Å². The van der Waals surface area contributed by atoms with Gasteiger partial charge in [0.15, 0.2) is 0 Å². The SMILES string of the molecule is CC1(C)c2ccccc2-c2ccc(-c3cccc(N(c4cccc(-c5ccccc5)c4-c4ccccc4-c4ccccc4)c4cccc5ccccc45)c3)cc21. The van der Waals surface area contributed by atoms with Gasteiger partial charge in [0.25, 0.3) is 0 Å². The van der Waals surface area contributed by atoms with E-state index in [0.717, 1.165) is 17.1 Å². The van der Waals surface area contributed by atoms with Crippen LogP contribution in [0.1, 0.15) is 25.0 Å². The first-order valence-corrected chi connectivity index (χ1v) is 19.5. The molecule has 0 amide bonds. The molecule has 9 aromatic rings. The first-order valence-electron chi connectivity index (χ1n) is 19.5. The summed E-state index contributed by atoms with van der Waals surface area (Å²) in [6, 6.07) is 77.7. The predicted molar refractivity (Wildman–Crippen MR) is 238 cm³/mol. The minimum atomic E-state index is -0.0759. The Labute approximate surface area is 329 Å². The van der Waals surface area contributed by atoms with Crippen LogP contribution < -0.4 is 4.90 Å². The fourth-order valence-corrected chi connectivity index (χ4v) is 8.96.